The topological polar surface area (TPSA) is 173 Å². The number of benzene rings is 1. The van der Waals surface area contributed by atoms with Gasteiger partial charge in [0.25, 0.3) is 0 Å². The van der Waals surface area contributed by atoms with Crippen molar-refractivity contribution in [3.8, 4) is 0 Å². The van der Waals surface area contributed by atoms with E-state index in [1.807, 2.05) is 39.1 Å². The number of carbonyl (C=O) groups is 4. The lowest BCUT2D eigenvalue weighted by atomic mass is 9.49. The molecular formula is C48H52N6O6. The molecule has 310 valence electrons. The van der Waals surface area contributed by atoms with Gasteiger partial charge in [-0.2, -0.15) is 0 Å². The minimum atomic E-state index is -0.875. The van der Waals surface area contributed by atoms with Crippen LogP contribution in [-0.2, 0) is 47.5 Å². The SMILES string of the molecule is CCC1=C(C)c2nc1cc1[nH]c(cc3[nH]c(cc4nc5c2C=C(C(N)=O)[C@@H]2N(C)c6ccc(C=O)cc6[C@]4(C)[C@@]52CC)c(C)c3CCC(=O)OC)c(CCC(=O)OC)c1C. The number of primary amides is 1. The van der Waals surface area contributed by atoms with E-state index in [0.29, 0.717) is 36.8 Å². The second-order valence-corrected chi connectivity index (χ2v) is 16.6. The van der Waals surface area contributed by atoms with Crippen LogP contribution < -0.4 is 10.6 Å². The number of nitrogens with one attached hydrogen (secondary N) is 2. The molecule has 60 heavy (non-hydrogen) atoms. The molecule has 4 aliphatic rings. The number of carbonyl (C=O) groups excluding carboxylic acids is 4. The first-order valence-electron chi connectivity index (χ1n) is 20.6. The van der Waals surface area contributed by atoms with Crippen molar-refractivity contribution >= 4 is 69.1 Å². The highest BCUT2D eigenvalue weighted by Gasteiger charge is 2.67. The summed E-state index contributed by atoms with van der Waals surface area (Å²) in [6, 6.07) is 11.4. The van der Waals surface area contributed by atoms with Crippen LogP contribution in [-0.4, -0.2) is 71.4 Å². The summed E-state index contributed by atoms with van der Waals surface area (Å²) in [5, 5.41) is 0. The smallest absolute Gasteiger partial charge is 0.305 e. The predicted molar refractivity (Wildman–Crippen MR) is 234 cm³/mol. The highest BCUT2D eigenvalue weighted by molar-refractivity contribution is 6.04. The van der Waals surface area contributed by atoms with Gasteiger partial charge in [-0.15, -0.1) is 0 Å². The van der Waals surface area contributed by atoms with E-state index in [1.54, 1.807) is 6.07 Å². The van der Waals surface area contributed by atoms with E-state index in [1.165, 1.54) is 14.2 Å². The van der Waals surface area contributed by atoms with Crippen molar-refractivity contribution < 1.29 is 28.7 Å². The summed E-state index contributed by atoms with van der Waals surface area (Å²) in [5.74, 6) is -1.15. The summed E-state index contributed by atoms with van der Waals surface area (Å²) < 4.78 is 10.1. The minimum Gasteiger partial charge on any atom is -0.469 e. The molecule has 8 rings (SSSR count). The van der Waals surface area contributed by atoms with Crippen LogP contribution in [0, 0.1) is 13.8 Å². The van der Waals surface area contributed by atoms with Gasteiger partial charge in [0.2, 0.25) is 5.91 Å². The summed E-state index contributed by atoms with van der Waals surface area (Å²) >= 11 is 0. The fourth-order valence-electron chi connectivity index (χ4n) is 10.8. The fourth-order valence-corrected chi connectivity index (χ4v) is 10.8. The minimum absolute atomic E-state index is 0.169. The van der Waals surface area contributed by atoms with E-state index in [9.17, 15) is 19.2 Å². The Morgan fingerprint density at radius 3 is 2.05 bits per heavy atom. The molecule has 0 radical (unpaired) electrons. The Bertz CT molecular complexity index is 2790. The second-order valence-electron chi connectivity index (χ2n) is 16.6. The Kier molecular flexibility index (Phi) is 9.96. The number of esters is 2. The number of hydrogen-bond acceptors (Lipinski definition) is 9. The molecule has 3 aromatic heterocycles. The van der Waals surface area contributed by atoms with Crippen LogP contribution in [0.4, 0.5) is 5.69 Å². The lowest BCUT2D eigenvalue weighted by molar-refractivity contribution is -0.141. The third-order valence-electron chi connectivity index (χ3n) is 14.0. The molecule has 4 N–H and O–H groups in total. The van der Waals surface area contributed by atoms with Crippen LogP contribution in [0.15, 0.2) is 42.0 Å². The van der Waals surface area contributed by atoms with Gasteiger partial charge in [0, 0.05) is 64.3 Å². The highest BCUT2D eigenvalue weighted by atomic mass is 16.5. The molecule has 12 heteroatoms. The van der Waals surface area contributed by atoms with Gasteiger partial charge >= 0.3 is 11.9 Å². The van der Waals surface area contributed by atoms with Crippen LogP contribution in [0.1, 0.15) is 120 Å². The first kappa shape index (κ1) is 40.5. The number of fused-ring (bicyclic) bond motifs is 11. The zero-order valence-corrected chi connectivity index (χ0v) is 35.8. The summed E-state index contributed by atoms with van der Waals surface area (Å²) in [6.07, 6.45) is 5.27. The number of rotatable bonds is 10. The Hall–Kier alpha value is -6.30. The number of amides is 1. The van der Waals surface area contributed by atoms with Gasteiger partial charge in [0.15, 0.2) is 0 Å². The van der Waals surface area contributed by atoms with Crippen LogP contribution in [0.5, 0.6) is 0 Å². The van der Waals surface area contributed by atoms with Crippen molar-refractivity contribution in [3.63, 3.8) is 0 Å². The van der Waals surface area contributed by atoms with Crippen molar-refractivity contribution in [3.05, 3.63) is 104 Å². The maximum absolute atomic E-state index is 13.9. The van der Waals surface area contributed by atoms with Crippen LogP contribution >= 0.6 is 0 Å². The molecule has 1 amide bonds. The number of allylic oxidation sites excluding steroid dienone is 2. The number of methoxy groups -OCH3 is 2. The summed E-state index contributed by atoms with van der Waals surface area (Å²) in [5.41, 5.74) is 20.5. The van der Waals surface area contributed by atoms with Gasteiger partial charge < -0.3 is 30.1 Å². The van der Waals surface area contributed by atoms with Crippen molar-refractivity contribution in [1.29, 1.82) is 0 Å². The molecule has 12 nitrogen and oxygen atoms in total. The monoisotopic (exact) mass is 808 g/mol. The van der Waals surface area contributed by atoms with E-state index >= 15 is 0 Å². The quantitative estimate of drug-likeness (QED) is 0.107. The Morgan fingerprint density at radius 1 is 0.883 bits per heavy atom. The maximum Gasteiger partial charge on any atom is 0.305 e. The summed E-state index contributed by atoms with van der Waals surface area (Å²) in [4.78, 5) is 72.0. The molecule has 6 heterocycles. The van der Waals surface area contributed by atoms with Crippen LogP contribution in [0.3, 0.4) is 0 Å². The molecule has 0 spiro atoms. The molecule has 3 aliphatic heterocycles. The second kappa shape index (κ2) is 14.8. The standard InChI is InChI=1S/C48H52N6O6/c1-10-28-26(5)43-31-19-32(46(49)58)45-48(11-2)44(31)53-40(47(48,6)33-18-27(23-55)12-15-39(33)54(45)7)22-35-25(4)30(14-17-42(57)60-9)38(51-35)21-37-29(13-16-41(56)59-8)24(3)34(50-37)20-36(28)52-43/h12,15,18-23,45,50-51H,10-11,13-14,16-17H2,1-9H3,(H2,49,58)/t45-,47-,48-/m0/s1. The molecule has 1 aliphatic carbocycles. The zero-order chi connectivity index (χ0) is 43.0. The van der Waals surface area contributed by atoms with Gasteiger partial charge in [-0.3, -0.25) is 24.2 Å². The molecule has 4 aromatic rings. The Morgan fingerprint density at radius 2 is 1.50 bits per heavy atom. The average Bonchev–Trinajstić information content (AvgIpc) is 3.90. The van der Waals surface area contributed by atoms with E-state index < -0.39 is 22.8 Å². The molecule has 3 atom stereocenters. The Balaban J connectivity index is 1.60. The number of nitrogens with two attached hydrogens (primary N) is 1. The average molecular weight is 809 g/mol. The third-order valence-corrected chi connectivity index (χ3v) is 14.0. The Labute approximate surface area is 349 Å². The van der Waals surface area contributed by atoms with Crippen molar-refractivity contribution in [2.45, 2.75) is 96.9 Å². The largest absolute Gasteiger partial charge is 0.469 e. The maximum atomic E-state index is 13.9. The van der Waals surface area contributed by atoms with E-state index in [4.69, 9.17) is 25.2 Å². The number of aromatic amines is 2. The lowest BCUT2D eigenvalue weighted by Gasteiger charge is -2.58. The van der Waals surface area contributed by atoms with Gasteiger partial charge in [-0.25, -0.2) is 4.98 Å². The fraction of sp³-hybridized carbons (Fsp3) is 0.375. The number of anilines is 1. The molecule has 0 fully saturated rings. The number of aryl methyl sites for hydroxylation is 4. The normalized spacial score (nSPS) is 20.1. The van der Waals surface area contributed by atoms with E-state index in [-0.39, 0.29) is 24.8 Å². The van der Waals surface area contributed by atoms with Crippen LogP contribution in [0.2, 0.25) is 0 Å². The van der Waals surface area contributed by atoms with Crippen molar-refractivity contribution in [2.75, 3.05) is 26.2 Å². The highest BCUT2D eigenvalue weighted by Crippen LogP contribution is 2.64. The van der Waals surface area contributed by atoms with Gasteiger partial charge in [-0.05, 0) is 135 Å². The lowest BCUT2D eigenvalue weighted by Crippen LogP contribution is -2.64. The predicted octanol–water partition coefficient (Wildman–Crippen LogP) is 7.65. The molecule has 1 aromatic carbocycles. The van der Waals surface area contributed by atoms with Gasteiger partial charge in [-0.1, -0.05) is 13.8 Å². The van der Waals surface area contributed by atoms with Crippen molar-refractivity contribution in [2.24, 2.45) is 5.73 Å². The van der Waals surface area contributed by atoms with E-state index in [2.05, 4.69) is 60.8 Å². The number of ether oxygens (including phenoxy) is 2. The number of H-pyrrole nitrogens is 2. The van der Waals surface area contributed by atoms with Crippen LogP contribution in [0.25, 0.3) is 39.3 Å². The number of likely N-dealkylation sites (N-methyl/N-ethyl adjacent to an activating group) is 1. The first-order chi connectivity index (χ1) is 28.7. The zero-order valence-electron chi connectivity index (χ0n) is 35.8. The molecular weight excluding hydrogens is 757 g/mol. The van der Waals surface area contributed by atoms with Gasteiger partial charge in [0.1, 0.15) is 6.29 Å². The molecule has 0 unspecified atom stereocenters. The number of nitrogens with zero attached hydrogens (tertiary/aromatic N) is 3. The number of aldehydes is 1. The summed E-state index contributed by atoms with van der Waals surface area (Å²) in [7, 11) is 4.77. The molecule has 8 bridgehead atoms. The molecule has 0 saturated carbocycles. The first-order valence-corrected chi connectivity index (χ1v) is 20.6. The molecule has 0 saturated heterocycles. The van der Waals surface area contributed by atoms with Crippen molar-refractivity contribution in [1.82, 2.24) is 19.9 Å². The number of aromatic nitrogens is 4. The third kappa shape index (κ3) is 5.70. The van der Waals surface area contributed by atoms with Gasteiger partial charge in [0.05, 0.1) is 53.9 Å². The van der Waals surface area contributed by atoms with E-state index in [0.717, 1.165) is 101 Å². The summed E-state index contributed by atoms with van der Waals surface area (Å²) in [6.45, 7) is 12.6. The number of hydrogen-bond donors (Lipinski definition) is 3.